The first kappa shape index (κ1) is 11.9. The topological polar surface area (TPSA) is 43.1 Å². The van der Waals surface area contributed by atoms with E-state index in [9.17, 15) is 4.79 Å². The van der Waals surface area contributed by atoms with E-state index < -0.39 is 0 Å². The Balaban J connectivity index is 2.06. The van der Waals surface area contributed by atoms with Gasteiger partial charge in [-0.05, 0) is 13.8 Å². The van der Waals surface area contributed by atoms with Crippen molar-refractivity contribution in [3.63, 3.8) is 0 Å². The Morgan fingerprint density at radius 3 is 2.65 bits per heavy atom. The average Bonchev–Trinajstić information content (AvgIpc) is 2.75. The number of thioether (sulfide) groups is 1. The molecule has 3 nitrogen and oxygen atoms in total. The maximum atomic E-state index is 12.1. The number of hydrogen-bond donors (Lipinski definition) is 0. The van der Waals surface area contributed by atoms with E-state index in [0.29, 0.717) is 5.22 Å². The fraction of sp³-hybridized carbons (Fsp3) is 0.231. The minimum absolute atomic E-state index is 0.0893. The van der Waals surface area contributed by atoms with Gasteiger partial charge in [0.15, 0.2) is 5.78 Å². The van der Waals surface area contributed by atoms with Gasteiger partial charge in [-0.2, -0.15) is 0 Å². The molecule has 1 aromatic heterocycles. The molecule has 0 spiro atoms. The molecule has 0 radical (unpaired) electrons. The van der Waals surface area contributed by atoms with Crippen molar-refractivity contribution in [1.29, 1.82) is 0 Å². The molecule has 88 valence electrons. The van der Waals surface area contributed by atoms with Crippen LogP contribution in [0.1, 0.15) is 23.0 Å². The molecule has 2 rings (SSSR count). The molecule has 0 amide bonds. The fourth-order valence-corrected chi connectivity index (χ4v) is 2.27. The molecular formula is C13H13NO2S. The molecule has 1 atom stereocenters. The number of Topliss-reactive ketones (excluding diaryl/α,β-unsaturated/α-hetero) is 1. The molecule has 0 bridgehead atoms. The van der Waals surface area contributed by atoms with Crippen molar-refractivity contribution >= 4 is 17.5 Å². The van der Waals surface area contributed by atoms with Crippen LogP contribution in [0.2, 0.25) is 0 Å². The van der Waals surface area contributed by atoms with Crippen molar-refractivity contribution in [3.8, 4) is 0 Å². The number of carbonyl (C=O) groups is 1. The van der Waals surface area contributed by atoms with E-state index in [1.807, 2.05) is 44.2 Å². The molecule has 0 N–H and O–H groups in total. The van der Waals surface area contributed by atoms with E-state index in [4.69, 9.17) is 4.42 Å². The number of nitrogens with zero attached hydrogens (tertiary/aromatic N) is 1. The van der Waals surface area contributed by atoms with Crippen molar-refractivity contribution in [2.75, 3.05) is 0 Å². The highest BCUT2D eigenvalue weighted by Gasteiger charge is 2.18. The summed E-state index contributed by atoms with van der Waals surface area (Å²) in [5.41, 5.74) is 1.54. The highest BCUT2D eigenvalue weighted by Crippen LogP contribution is 2.24. The van der Waals surface area contributed by atoms with Crippen molar-refractivity contribution in [2.45, 2.75) is 24.3 Å². The monoisotopic (exact) mass is 247 g/mol. The molecule has 1 heterocycles. The molecule has 0 saturated carbocycles. The summed E-state index contributed by atoms with van der Waals surface area (Å²) in [6.45, 7) is 3.72. The molecule has 0 fully saturated rings. The average molecular weight is 247 g/mol. The van der Waals surface area contributed by atoms with E-state index in [0.717, 1.165) is 11.3 Å². The second-order valence-electron chi connectivity index (χ2n) is 3.75. The lowest BCUT2D eigenvalue weighted by Gasteiger charge is -2.07. The van der Waals surface area contributed by atoms with Crippen LogP contribution in [-0.2, 0) is 0 Å². The molecule has 2 aromatic rings. The summed E-state index contributed by atoms with van der Waals surface area (Å²) in [5.74, 6) is 0.0893. The molecule has 0 aliphatic heterocycles. The number of carbonyl (C=O) groups excluding carboxylic acids is 1. The van der Waals surface area contributed by atoms with Crippen LogP contribution >= 0.6 is 11.8 Å². The lowest BCUT2D eigenvalue weighted by Crippen LogP contribution is -2.13. The van der Waals surface area contributed by atoms with Crippen LogP contribution in [0.4, 0.5) is 0 Å². The summed E-state index contributed by atoms with van der Waals surface area (Å²) in [6.07, 6.45) is 1.59. The van der Waals surface area contributed by atoms with E-state index in [1.54, 1.807) is 6.26 Å². The lowest BCUT2D eigenvalue weighted by atomic mass is 10.1. The van der Waals surface area contributed by atoms with Crippen molar-refractivity contribution in [3.05, 3.63) is 47.9 Å². The number of rotatable bonds is 4. The molecule has 0 saturated heterocycles. The van der Waals surface area contributed by atoms with E-state index in [-0.39, 0.29) is 11.0 Å². The predicted octanol–water partition coefficient (Wildman–Crippen LogP) is 3.35. The number of ketones is 1. The maximum absolute atomic E-state index is 12.1. The number of oxazole rings is 1. The number of benzene rings is 1. The maximum Gasteiger partial charge on any atom is 0.256 e. The normalized spacial score (nSPS) is 12.4. The Morgan fingerprint density at radius 1 is 1.35 bits per heavy atom. The van der Waals surface area contributed by atoms with Gasteiger partial charge in [0.2, 0.25) is 0 Å². The van der Waals surface area contributed by atoms with Gasteiger partial charge in [0, 0.05) is 5.56 Å². The van der Waals surface area contributed by atoms with Gasteiger partial charge < -0.3 is 4.42 Å². The van der Waals surface area contributed by atoms with Gasteiger partial charge in [-0.25, -0.2) is 4.98 Å². The predicted molar refractivity (Wildman–Crippen MR) is 67.3 cm³/mol. The molecule has 4 heteroatoms. The minimum Gasteiger partial charge on any atom is -0.440 e. The van der Waals surface area contributed by atoms with Crippen molar-refractivity contribution in [1.82, 2.24) is 4.98 Å². The largest absolute Gasteiger partial charge is 0.440 e. The highest BCUT2D eigenvalue weighted by molar-refractivity contribution is 8.00. The zero-order valence-corrected chi connectivity index (χ0v) is 10.5. The molecular weight excluding hydrogens is 234 g/mol. The Kier molecular flexibility index (Phi) is 3.64. The van der Waals surface area contributed by atoms with Gasteiger partial charge in [0.25, 0.3) is 5.22 Å². The van der Waals surface area contributed by atoms with Crippen molar-refractivity contribution < 1.29 is 9.21 Å². The molecule has 1 aromatic carbocycles. The third kappa shape index (κ3) is 2.97. The third-order valence-corrected chi connectivity index (χ3v) is 3.26. The third-order valence-electron chi connectivity index (χ3n) is 2.30. The lowest BCUT2D eigenvalue weighted by molar-refractivity contribution is 0.0993. The van der Waals surface area contributed by atoms with Gasteiger partial charge in [0.1, 0.15) is 6.26 Å². The Hall–Kier alpha value is -1.55. The van der Waals surface area contributed by atoms with E-state index in [2.05, 4.69) is 4.98 Å². The van der Waals surface area contributed by atoms with Gasteiger partial charge in [-0.3, -0.25) is 4.79 Å². The smallest absolute Gasteiger partial charge is 0.256 e. The van der Waals surface area contributed by atoms with Gasteiger partial charge >= 0.3 is 0 Å². The van der Waals surface area contributed by atoms with Crippen LogP contribution in [0, 0.1) is 6.92 Å². The summed E-state index contributed by atoms with van der Waals surface area (Å²) >= 11 is 1.34. The fourth-order valence-electron chi connectivity index (χ4n) is 1.43. The Morgan fingerprint density at radius 2 is 2.06 bits per heavy atom. The second-order valence-corrected chi connectivity index (χ2v) is 5.04. The summed E-state index contributed by atoms with van der Waals surface area (Å²) in [5, 5.41) is 0.342. The second kappa shape index (κ2) is 5.19. The number of aryl methyl sites for hydroxylation is 1. The molecule has 17 heavy (non-hydrogen) atoms. The van der Waals surface area contributed by atoms with E-state index in [1.165, 1.54) is 11.8 Å². The van der Waals surface area contributed by atoms with Crippen LogP contribution in [0.5, 0.6) is 0 Å². The first-order valence-electron chi connectivity index (χ1n) is 5.35. The van der Waals surface area contributed by atoms with Crippen LogP contribution in [0.25, 0.3) is 0 Å². The van der Waals surface area contributed by atoms with Gasteiger partial charge in [-0.15, -0.1) is 0 Å². The van der Waals surface area contributed by atoms with Crippen molar-refractivity contribution in [2.24, 2.45) is 0 Å². The quantitative estimate of drug-likeness (QED) is 0.614. The Bertz CT molecular complexity index is 507. The van der Waals surface area contributed by atoms with Crippen LogP contribution in [0.3, 0.4) is 0 Å². The SMILES string of the molecule is Cc1coc(SC(C)C(=O)c2ccccc2)n1. The minimum atomic E-state index is -0.199. The first-order valence-corrected chi connectivity index (χ1v) is 6.23. The van der Waals surface area contributed by atoms with Gasteiger partial charge in [-0.1, -0.05) is 42.1 Å². The number of hydrogen-bond acceptors (Lipinski definition) is 4. The Labute approximate surface area is 104 Å². The molecule has 0 aliphatic rings. The molecule has 1 unspecified atom stereocenters. The number of aromatic nitrogens is 1. The van der Waals surface area contributed by atoms with Crippen LogP contribution in [-0.4, -0.2) is 16.0 Å². The zero-order valence-electron chi connectivity index (χ0n) is 9.71. The van der Waals surface area contributed by atoms with Gasteiger partial charge in [0.05, 0.1) is 10.9 Å². The summed E-state index contributed by atoms with van der Waals surface area (Å²) in [6, 6.07) is 9.26. The standard InChI is InChI=1S/C13H13NO2S/c1-9-8-16-13(14-9)17-10(2)12(15)11-6-4-3-5-7-11/h3-8,10H,1-2H3. The first-order chi connectivity index (χ1) is 8.16. The van der Waals surface area contributed by atoms with Crippen LogP contribution in [0.15, 0.2) is 46.2 Å². The summed E-state index contributed by atoms with van der Waals surface area (Å²) in [4.78, 5) is 16.2. The van der Waals surface area contributed by atoms with Crippen LogP contribution < -0.4 is 0 Å². The summed E-state index contributed by atoms with van der Waals surface area (Å²) in [7, 11) is 0. The zero-order chi connectivity index (χ0) is 12.3. The molecule has 0 aliphatic carbocycles. The van der Waals surface area contributed by atoms with E-state index >= 15 is 0 Å². The highest BCUT2D eigenvalue weighted by atomic mass is 32.2. The summed E-state index contributed by atoms with van der Waals surface area (Å²) < 4.78 is 5.22.